The summed E-state index contributed by atoms with van der Waals surface area (Å²) in [5.41, 5.74) is 0.869. The second kappa shape index (κ2) is 7.38. The average Bonchev–Trinajstić information content (AvgIpc) is 2.81. The quantitative estimate of drug-likeness (QED) is 0.649. The van der Waals surface area contributed by atoms with E-state index in [0.29, 0.717) is 22.2 Å². The Morgan fingerprint density at radius 1 is 1.48 bits per heavy atom. The average molecular weight is 325 g/mol. The maximum absolute atomic E-state index is 6.15. The van der Waals surface area contributed by atoms with Gasteiger partial charge in [-0.15, -0.1) is 0 Å². The zero-order valence-corrected chi connectivity index (χ0v) is 13.5. The number of aryl methyl sites for hydroxylation is 1. The van der Waals surface area contributed by atoms with E-state index in [1.54, 1.807) is 17.0 Å². The van der Waals surface area contributed by atoms with E-state index in [1.807, 2.05) is 19.1 Å². The maximum atomic E-state index is 6.15. The number of nitrogens with zero attached hydrogens (tertiary/aromatic N) is 3. The minimum atomic E-state index is 0.478. The van der Waals surface area contributed by atoms with Crippen molar-refractivity contribution in [1.29, 1.82) is 0 Å². The van der Waals surface area contributed by atoms with Crippen LogP contribution >= 0.6 is 23.8 Å². The number of benzene rings is 1. The van der Waals surface area contributed by atoms with E-state index in [4.69, 9.17) is 28.6 Å². The molecule has 0 aliphatic heterocycles. The molecule has 112 valence electrons. The third-order valence-electron chi connectivity index (χ3n) is 2.77. The number of ether oxygens (including phenoxy) is 1. The Labute approximate surface area is 133 Å². The van der Waals surface area contributed by atoms with Crippen LogP contribution in [0.25, 0.3) is 0 Å². The smallest absolute Gasteiger partial charge is 0.216 e. The molecular weight excluding hydrogens is 308 g/mol. The van der Waals surface area contributed by atoms with Gasteiger partial charge in [-0.1, -0.05) is 18.5 Å². The first-order valence-corrected chi connectivity index (χ1v) is 7.57. The first kappa shape index (κ1) is 15.7. The maximum Gasteiger partial charge on any atom is 0.216 e. The van der Waals surface area contributed by atoms with Crippen molar-refractivity contribution >= 4 is 30.0 Å². The second-order valence-corrected chi connectivity index (χ2v) is 5.17. The summed E-state index contributed by atoms with van der Waals surface area (Å²) in [5, 5.41) is 11.8. The van der Waals surface area contributed by atoms with Crippen LogP contribution in [0, 0.1) is 4.77 Å². The molecule has 2 rings (SSSR count). The molecule has 0 aliphatic carbocycles. The van der Waals surface area contributed by atoms with E-state index in [2.05, 4.69) is 22.2 Å². The summed E-state index contributed by atoms with van der Waals surface area (Å²) in [7, 11) is 0. The zero-order chi connectivity index (χ0) is 15.2. The second-order valence-electron chi connectivity index (χ2n) is 4.37. The van der Waals surface area contributed by atoms with E-state index in [1.165, 1.54) is 0 Å². The van der Waals surface area contributed by atoms with E-state index in [-0.39, 0.29) is 0 Å². The molecule has 0 bridgehead atoms. The van der Waals surface area contributed by atoms with Gasteiger partial charge in [0.25, 0.3) is 0 Å². The third kappa shape index (κ3) is 3.92. The Morgan fingerprint density at radius 2 is 2.29 bits per heavy atom. The van der Waals surface area contributed by atoms with Gasteiger partial charge in [-0.25, -0.2) is 0 Å². The molecule has 0 fully saturated rings. The number of nitrogens with one attached hydrogen (secondary N) is 1. The summed E-state index contributed by atoms with van der Waals surface area (Å²) in [6.45, 7) is 4.58. The lowest BCUT2D eigenvalue weighted by molar-refractivity contribution is 0.340. The molecule has 0 amide bonds. The van der Waals surface area contributed by atoms with Crippen LogP contribution in [0.2, 0.25) is 5.02 Å². The Bertz CT molecular complexity index is 693. The van der Waals surface area contributed by atoms with Gasteiger partial charge in [0, 0.05) is 6.42 Å². The number of H-pyrrole nitrogens is 1. The number of hydrogen-bond acceptors (Lipinski definition) is 4. The van der Waals surface area contributed by atoms with Crippen molar-refractivity contribution in [3.63, 3.8) is 0 Å². The van der Waals surface area contributed by atoms with Gasteiger partial charge >= 0.3 is 0 Å². The summed E-state index contributed by atoms with van der Waals surface area (Å²) in [6, 6.07) is 5.53. The Kier molecular flexibility index (Phi) is 5.52. The van der Waals surface area contributed by atoms with Gasteiger partial charge in [-0.05, 0) is 49.3 Å². The molecule has 0 aliphatic rings. The highest BCUT2D eigenvalue weighted by atomic mass is 35.5. The van der Waals surface area contributed by atoms with E-state index < -0.39 is 0 Å². The predicted molar refractivity (Wildman–Crippen MR) is 87.0 cm³/mol. The van der Waals surface area contributed by atoms with Crippen molar-refractivity contribution in [3.8, 4) is 5.75 Å². The molecule has 0 spiro atoms. The van der Waals surface area contributed by atoms with Crippen molar-refractivity contribution in [3.05, 3.63) is 39.4 Å². The first-order valence-electron chi connectivity index (χ1n) is 6.78. The van der Waals surface area contributed by atoms with Crippen molar-refractivity contribution in [1.82, 2.24) is 14.9 Å². The van der Waals surface area contributed by atoms with Crippen LogP contribution in [0.3, 0.4) is 0 Å². The predicted octanol–water partition coefficient (Wildman–Crippen LogP) is 3.83. The molecule has 0 radical (unpaired) electrons. The third-order valence-corrected chi connectivity index (χ3v) is 3.33. The van der Waals surface area contributed by atoms with Crippen molar-refractivity contribution in [2.75, 3.05) is 6.61 Å². The van der Waals surface area contributed by atoms with Crippen LogP contribution in [0.15, 0.2) is 23.3 Å². The standard InChI is InChI=1S/C14H17ClN4OS/c1-3-5-13-17-18-14(21)19(13)16-9-10-6-7-12(20-4-2)11(15)8-10/h6-9H,3-5H2,1-2H3,(H,18,21)/b16-9-. The highest BCUT2D eigenvalue weighted by Crippen LogP contribution is 2.24. The largest absolute Gasteiger partial charge is 0.492 e. The molecule has 0 unspecified atom stereocenters. The summed E-state index contributed by atoms with van der Waals surface area (Å²) in [6.07, 6.45) is 3.49. The monoisotopic (exact) mass is 324 g/mol. The lowest BCUT2D eigenvalue weighted by atomic mass is 10.2. The Hall–Kier alpha value is -1.66. The number of hydrogen-bond donors (Lipinski definition) is 1. The molecule has 0 atom stereocenters. The minimum Gasteiger partial charge on any atom is -0.492 e. The number of rotatable bonds is 6. The fourth-order valence-corrected chi connectivity index (χ4v) is 2.26. The summed E-state index contributed by atoms with van der Waals surface area (Å²) >= 11 is 11.3. The van der Waals surface area contributed by atoms with Crippen LogP contribution in [0.5, 0.6) is 5.75 Å². The fourth-order valence-electron chi connectivity index (χ4n) is 1.82. The first-order chi connectivity index (χ1) is 10.2. The van der Waals surface area contributed by atoms with Crippen molar-refractivity contribution in [2.24, 2.45) is 5.10 Å². The van der Waals surface area contributed by atoms with Crippen LogP contribution in [-0.4, -0.2) is 27.7 Å². The van der Waals surface area contributed by atoms with Crippen LogP contribution in [-0.2, 0) is 6.42 Å². The number of aromatic nitrogens is 3. The SMILES string of the molecule is CCCc1n[nH]c(=S)n1/N=C\c1ccc(OCC)c(Cl)c1. The molecule has 1 N–H and O–H groups in total. The lowest BCUT2D eigenvalue weighted by Gasteiger charge is -2.05. The van der Waals surface area contributed by atoms with E-state index in [9.17, 15) is 0 Å². The van der Waals surface area contributed by atoms with Gasteiger partial charge in [-0.3, -0.25) is 5.10 Å². The number of aromatic amines is 1. The van der Waals surface area contributed by atoms with Crippen LogP contribution in [0.4, 0.5) is 0 Å². The molecule has 0 saturated heterocycles. The molecular formula is C14H17ClN4OS. The van der Waals surface area contributed by atoms with Crippen LogP contribution < -0.4 is 4.74 Å². The Balaban J connectivity index is 2.23. The normalized spacial score (nSPS) is 11.2. The zero-order valence-electron chi connectivity index (χ0n) is 12.0. The van der Waals surface area contributed by atoms with Gasteiger partial charge in [0.2, 0.25) is 4.77 Å². The highest BCUT2D eigenvalue weighted by Gasteiger charge is 2.04. The molecule has 0 saturated carbocycles. The molecule has 1 aromatic heterocycles. The molecule has 1 aromatic carbocycles. The lowest BCUT2D eigenvalue weighted by Crippen LogP contribution is -1.99. The summed E-state index contributed by atoms with van der Waals surface area (Å²) < 4.78 is 7.51. The van der Waals surface area contributed by atoms with E-state index >= 15 is 0 Å². The topological polar surface area (TPSA) is 55.2 Å². The molecule has 2 aromatic rings. The number of halogens is 1. The molecule has 21 heavy (non-hydrogen) atoms. The van der Waals surface area contributed by atoms with Crippen molar-refractivity contribution in [2.45, 2.75) is 26.7 Å². The molecule has 5 nitrogen and oxygen atoms in total. The van der Waals surface area contributed by atoms with Gasteiger partial charge < -0.3 is 4.74 Å². The van der Waals surface area contributed by atoms with Gasteiger partial charge in [0.1, 0.15) is 5.75 Å². The Morgan fingerprint density at radius 3 is 2.95 bits per heavy atom. The van der Waals surface area contributed by atoms with Gasteiger partial charge in [-0.2, -0.15) is 14.9 Å². The minimum absolute atomic E-state index is 0.478. The van der Waals surface area contributed by atoms with Crippen LogP contribution in [0.1, 0.15) is 31.7 Å². The fraction of sp³-hybridized carbons (Fsp3) is 0.357. The van der Waals surface area contributed by atoms with Gasteiger partial charge in [0.15, 0.2) is 5.82 Å². The molecule has 1 heterocycles. The summed E-state index contributed by atoms with van der Waals surface area (Å²) in [5.74, 6) is 1.48. The summed E-state index contributed by atoms with van der Waals surface area (Å²) in [4.78, 5) is 0. The van der Waals surface area contributed by atoms with Gasteiger partial charge in [0.05, 0.1) is 17.8 Å². The van der Waals surface area contributed by atoms with E-state index in [0.717, 1.165) is 24.2 Å². The highest BCUT2D eigenvalue weighted by molar-refractivity contribution is 7.71. The van der Waals surface area contributed by atoms with Crippen molar-refractivity contribution < 1.29 is 4.74 Å². The molecule has 7 heteroatoms.